The van der Waals surface area contributed by atoms with Crippen LogP contribution in [0, 0.1) is 5.82 Å². The van der Waals surface area contributed by atoms with E-state index in [1.807, 2.05) is 0 Å². The number of anilines is 1. The van der Waals surface area contributed by atoms with E-state index in [1.165, 1.54) is 30.6 Å². The number of nitrogens with one attached hydrogen (secondary N) is 2. The topological polar surface area (TPSA) is 123 Å². The number of ketones is 1. The van der Waals surface area contributed by atoms with Crippen LogP contribution in [0.1, 0.15) is 57.5 Å². The molecule has 1 fully saturated rings. The molecule has 0 spiro atoms. The van der Waals surface area contributed by atoms with Gasteiger partial charge in [-0.2, -0.15) is 0 Å². The van der Waals surface area contributed by atoms with Gasteiger partial charge in [0.15, 0.2) is 5.78 Å². The molecule has 2 aromatic heterocycles. The highest BCUT2D eigenvalue weighted by atomic mass is 19.1. The summed E-state index contributed by atoms with van der Waals surface area (Å²) in [5, 5.41) is 5.40. The van der Waals surface area contributed by atoms with Gasteiger partial charge >= 0.3 is 12.0 Å². The van der Waals surface area contributed by atoms with Crippen molar-refractivity contribution < 1.29 is 23.5 Å². The van der Waals surface area contributed by atoms with E-state index in [0.717, 1.165) is 5.56 Å². The average Bonchev–Trinajstić information content (AvgIpc) is 3.63. The normalized spacial score (nSPS) is 16.4. The van der Waals surface area contributed by atoms with Crippen LogP contribution in [0.4, 0.5) is 15.0 Å². The van der Waals surface area contributed by atoms with E-state index < -0.39 is 29.8 Å². The molecule has 3 aromatic rings. The van der Waals surface area contributed by atoms with Gasteiger partial charge in [0.25, 0.3) is 0 Å². The Morgan fingerprint density at radius 1 is 1.19 bits per heavy atom. The van der Waals surface area contributed by atoms with Crippen molar-refractivity contribution in [2.24, 2.45) is 4.99 Å². The van der Waals surface area contributed by atoms with Crippen LogP contribution < -0.4 is 15.4 Å². The fourth-order valence-electron chi connectivity index (χ4n) is 3.78. The quantitative estimate of drug-likeness (QED) is 0.212. The zero-order valence-electron chi connectivity index (χ0n) is 19.7. The van der Waals surface area contributed by atoms with Crippen LogP contribution in [-0.4, -0.2) is 47.1 Å². The number of halogens is 1. The Bertz CT molecular complexity index is 1310. The molecule has 2 atom stereocenters. The first-order valence-corrected chi connectivity index (χ1v) is 11.3. The highest BCUT2D eigenvalue weighted by molar-refractivity contribution is 6.01. The lowest BCUT2D eigenvalue weighted by Gasteiger charge is -2.15. The number of carbonyl (C=O) groups is 3. The number of amides is 2. The molecular weight excluding hydrogens is 465 g/mol. The van der Waals surface area contributed by atoms with Crippen molar-refractivity contribution in [2.75, 3.05) is 12.4 Å². The maximum Gasteiger partial charge on any atom is 0.345 e. The van der Waals surface area contributed by atoms with Gasteiger partial charge in [0, 0.05) is 61.4 Å². The van der Waals surface area contributed by atoms with Crippen LogP contribution >= 0.6 is 0 Å². The van der Waals surface area contributed by atoms with Crippen molar-refractivity contribution in [2.45, 2.75) is 31.7 Å². The van der Waals surface area contributed by atoms with E-state index in [9.17, 15) is 14.4 Å². The van der Waals surface area contributed by atoms with Gasteiger partial charge in [-0.3, -0.25) is 20.1 Å². The van der Waals surface area contributed by atoms with E-state index in [1.54, 1.807) is 44.6 Å². The monoisotopic (exact) mass is 489 g/mol. The minimum absolute atomic E-state index is 0.0816. The van der Waals surface area contributed by atoms with E-state index >= 15 is 4.39 Å². The van der Waals surface area contributed by atoms with Crippen LogP contribution in [0.3, 0.4) is 0 Å². The summed E-state index contributed by atoms with van der Waals surface area (Å²) in [6.07, 6.45) is 6.58. The first-order chi connectivity index (χ1) is 17.4. The number of hydrogen-bond acceptors (Lipinski definition) is 7. The van der Waals surface area contributed by atoms with Gasteiger partial charge in [-0.1, -0.05) is 6.92 Å². The summed E-state index contributed by atoms with van der Waals surface area (Å²) >= 11 is 0. The third-order valence-electron chi connectivity index (χ3n) is 5.64. The number of aliphatic imine (C=N–C) groups is 1. The Labute approximate surface area is 206 Å². The van der Waals surface area contributed by atoms with E-state index in [4.69, 9.17) is 4.74 Å². The van der Waals surface area contributed by atoms with Crippen LogP contribution in [-0.2, 0) is 0 Å². The molecule has 2 amide bonds. The standard InChI is InChI=1S/C26H24FN5O4/c1-3-21(33)17-7-8-19(27)23(24(17)36-25(34)16-5-4-10-29-14-16)18-11-20(18)31-26(35)32-22-9-6-15(12-28-2)13-30-22/h4-10,12-14,18,20H,3,11H2,1-2H3,(H2,30,31,32,35)/t18-,20?/m1/s1. The minimum Gasteiger partial charge on any atom is -0.422 e. The molecule has 0 aliphatic heterocycles. The molecule has 4 rings (SSSR count). The van der Waals surface area contributed by atoms with Gasteiger partial charge in [0.05, 0.1) is 11.1 Å². The second kappa shape index (κ2) is 10.9. The smallest absolute Gasteiger partial charge is 0.345 e. The van der Waals surface area contributed by atoms with Crippen LogP contribution in [0.2, 0.25) is 0 Å². The van der Waals surface area contributed by atoms with Crippen molar-refractivity contribution >= 4 is 29.8 Å². The lowest BCUT2D eigenvalue weighted by Crippen LogP contribution is -2.31. The Morgan fingerprint density at radius 2 is 2.03 bits per heavy atom. The summed E-state index contributed by atoms with van der Waals surface area (Å²) in [7, 11) is 1.65. The fraction of sp³-hybridized carbons (Fsp3) is 0.231. The third kappa shape index (κ3) is 5.60. The van der Waals surface area contributed by atoms with Crippen molar-refractivity contribution in [3.05, 3.63) is 83.1 Å². The number of benzene rings is 1. The van der Waals surface area contributed by atoms with Gasteiger partial charge in [0.1, 0.15) is 17.4 Å². The Morgan fingerprint density at radius 3 is 2.69 bits per heavy atom. The van der Waals surface area contributed by atoms with Crippen molar-refractivity contribution in [3.8, 4) is 5.75 Å². The molecule has 36 heavy (non-hydrogen) atoms. The number of Topliss-reactive ketones (excluding diaryl/α,β-unsaturated/α-hetero) is 1. The van der Waals surface area contributed by atoms with Crippen molar-refractivity contribution in [3.63, 3.8) is 0 Å². The lowest BCUT2D eigenvalue weighted by atomic mass is 10.00. The predicted octanol–water partition coefficient (Wildman–Crippen LogP) is 4.15. The third-order valence-corrected chi connectivity index (χ3v) is 5.64. The summed E-state index contributed by atoms with van der Waals surface area (Å²) in [5.41, 5.74) is 1.14. The Hall–Kier alpha value is -4.47. The number of carbonyl (C=O) groups excluding carboxylic acids is 3. The molecule has 10 heteroatoms. The molecular formula is C26H24FN5O4. The van der Waals surface area contributed by atoms with Crippen LogP contribution in [0.5, 0.6) is 5.75 Å². The number of esters is 1. The van der Waals surface area contributed by atoms with Gasteiger partial charge < -0.3 is 10.1 Å². The number of hydrogen-bond donors (Lipinski definition) is 2. The van der Waals surface area contributed by atoms with Crippen LogP contribution in [0.15, 0.2) is 60.0 Å². The first kappa shape index (κ1) is 24.6. The van der Waals surface area contributed by atoms with Gasteiger partial charge in [-0.25, -0.2) is 19.0 Å². The molecule has 0 radical (unpaired) electrons. The maximum absolute atomic E-state index is 15.0. The zero-order chi connectivity index (χ0) is 25.7. The summed E-state index contributed by atoms with van der Waals surface area (Å²) in [5.74, 6) is -1.94. The van der Waals surface area contributed by atoms with E-state index in [0.29, 0.717) is 12.2 Å². The molecule has 184 valence electrons. The van der Waals surface area contributed by atoms with Crippen molar-refractivity contribution in [1.82, 2.24) is 15.3 Å². The summed E-state index contributed by atoms with van der Waals surface area (Å²) in [6.45, 7) is 1.67. The molecule has 1 aromatic carbocycles. The molecule has 1 saturated carbocycles. The molecule has 9 nitrogen and oxygen atoms in total. The maximum atomic E-state index is 15.0. The van der Waals surface area contributed by atoms with Gasteiger partial charge in [-0.05, 0) is 42.8 Å². The van der Waals surface area contributed by atoms with Gasteiger partial charge in [0.2, 0.25) is 0 Å². The molecule has 1 unspecified atom stereocenters. The average molecular weight is 490 g/mol. The SMILES string of the molecule is CCC(=O)c1ccc(F)c([C@@H]2CC2NC(=O)Nc2ccc(C=NC)cn2)c1OC(=O)c1cccnc1. The lowest BCUT2D eigenvalue weighted by molar-refractivity contribution is 0.0729. The summed E-state index contributed by atoms with van der Waals surface area (Å²) in [6, 6.07) is 8.03. The molecule has 2 heterocycles. The first-order valence-electron chi connectivity index (χ1n) is 11.3. The van der Waals surface area contributed by atoms with E-state index in [-0.39, 0.29) is 34.6 Å². The number of pyridine rings is 2. The largest absolute Gasteiger partial charge is 0.422 e. The molecule has 2 N–H and O–H groups in total. The summed E-state index contributed by atoms with van der Waals surface area (Å²) in [4.78, 5) is 49.7. The Kier molecular flexibility index (Phi) is 7.43. The fourth-order valence-corrected chi connectivity index (χ4v) is 3.78. The highest BCUT2D eigenvalue weighted by Crippen LogP contribution is 2.47. The molecule has 0 bridgehead atoms. The number of nitrogens with zero attached hydrogens (tertiary/aromatic N) is 3. The summed E-state index contributed by atoms with van der Waals surface area (Å²) < 4.78 is 20.6. The number of urea groups is 1. The molecule has 1 aliphatic carbocycles. The number of aromatic nitrogens is 2. The van der Waals surface area contributed by atoms with Gasteiger partial charge in [-0.15, -0.1) is 0 Å². The minimum atomic E-state index is -0.759. The van der Waals surface area contributed by atoms with Crippen LogP contribution in [0.25, 0.3) is 0 Å². The van der Waals surface area contributed by atoms with E-state index in [2.05, 4.69) is 25.6 Å². The Balaban J connectivity index is 1.52. The number of rotatable bonds is 8. The predicted molar refractivity (Wildman–Crippen MR) is 131 cm³/mol. The molecule has 0 saturated heterocycles. The second-order valence-electron chi connectivity index (χ2n) is 8.16. The zero-order valence-corrected chi connectivity index (χ0v) is 19.7. The highest BCUT2D eigenvalue weighted by Gasteiger charge is 2.44. The molecule has 1 aliphatic rings. The van der Waals surface area contributed by atoms with Crippen molar-refractivity contribution in [1.29, 1.82) is 0 Å². The number of ether oxygens (including phenoxy) is 1. The second-order valence-corrected chi connectivity index (χ2v) is 8.16.